The number of hydrogen-bond acceptors (Lipinski definition) is 6. The maximum absolute atomic E-state index is 11.8. The van der Waals surface area contributed by atoms with E-state index < -0.39 is 5.91 Å². The monoisotopic (exact) mass is 289 g/mol. The largest absolute Gasteiger partial charge is 0.454 e. The highest BCUT2D eigenvalue weighted by Gasteiger charge is 2.14. The first-order valence-electron chi connectivity index (χ1n) is 6.36. The van der Waals surface area contributed by atoms with Crippen LogP contribution in [0.2, 0.25) is 0 Å². The van der Waals surface area contributed by atoms with Crippen LogP contribution >= 0.6 is 0 Å². The number of nitrogens with one attached hydrogen (secondary N) is 2. The predicted octanol–water partition coefficient (Wildman–Crippen LogP) is 0.0209. The van der Waals surface area contributed by atoms with Gasteiger partial charge < -0.3 is 25.2 Å². The minimum atomic E-state index is -0.486. The first-order chi connectivity index (χ1) is 10.2. The fourth-order valence-electron chi connectivity index (χ4n) is 1.72. The Kier molecular flexibility index (Phi) is 5.01. The summed E-state index contributed by atoms with van der Waals surface area (Å²) in [6, 6.07) is 7.16. The van der Waals surface area contributed by atoms with Gasteiger partial charge in [-0.2, -0.15) is 5.26 Å². The Morgan fingerprint density at radius 3 is 3.00 bits per heavy atom. The van der Waals surface area contributed by atoms with Gasteiger partial charge in [0.1, 0.15) is 11.6 Å². The maximum atomic E-state index is 11.8. The molecule has 1 aliphatic rings. The normalized spacial score (nSPS) is 12.7. The molecule has 7 heteroatoms. The van der Waals surface area contributed by atoms with E-state index in [4.69, 9.17) is 19.8 Å². The van der Waals surface area contributed by atoms with Crippen molar-refractivity contribution in [3.8, 4) is 17.6 Å². The number of aliphatic hydroxyl groups excluding tert-OH is 1. The number of amides is 1. The number of nitrogens with zero attached hydrogens (tertiary/aromatic N) is 1. The third-order valence-electron chi connectivity index (χ3n) is 2.76. The van der Waals surface area contributed by atoms with Crippen LogP contribution in [0.4, 0.5) is 0 Å². The van der Waals surface area contributed by atoms with Gasteiger partial charge in [-0.3, -0.25) is 4.79 Å². The molecule has 1 aromatic carbocycles. The quantitative estimate of drug-likeness (QED) is 0.387. The zero-order chi connectivity index (χ0) is 15.1. The average Bonchev–Trinajstić information content (AvgIpc) is 2.97. The summed E-state index contributed by atoms with van der Waals surface area (Å²) in [6.45, 7) is 0.673. The van der Waals surface area contributed by atoms with Gasteiger partial charge in [-0.25, -0.2) is 0 Å². The van der Waals surface area contributed by atoms with E-state index in [0.717, 1.165) is 5.56 Å². The summed E-state index contributed by atoms with van der Waals surface area (Å²) in [5.41, 5.74) is 0.789. The smallest absolute Gasteiger partial charge is 0.263 e. The molecule has 1 heterocycles. The van der Waals surface area contributed by atoms with Gasteiger partial charge in [0.25, 0.3) is 5.91 Å². The second kappa shape index (κ2) is 7.17. The molecule has 0 saturated heterocycles. The summed E-state index contributed by atoms with van der Waals surface area (Å²) in [4.78, 5) is 11.8. The molecule has 0 radical (unpaired) electrons. The summed E-state index contributed by atoms with van der Waals surface area (Å²) in [6.07, 6.45) is 1.28. The van der Waals surface area contributed by atoms with E-state index in [0.29, 0.717) is 11.5 Å². The van der Waals surface area contributed by atoms with Crippen LogP contribution in [-0.4, -0.2) is 31.0 Å². The van der Waals surface area contributed by atoms with Crippen molar-refractivity contribution in [1.82, 2.24) is 10.6 Å². The van der Waals surface area contributed by atoms with E-state index >= 15 is 0 Å². The Morgan fingerprint density at radius 2 is 2.24 bits per heavy atom. The van der Waals surface area contributed by atoms with Gasteiger partial charge in [0.2, 0.25) is 6.79 Å². The number of carbonyl (C=O) groups excluding carboxylic acids is 1. The zero-order valence-corrected chi connectivity index (χ0v) is 11.3. The summed E-state index contributed by atoms with van der Waals surface area (Å²) in [5.74, 6) is 0.832. The number of carbonyl (C=O) groups is 1. The molecule has 0 saturated carbocycles. The van der Waals surface area contributed by atoms with E-state index in [2.05, 4.69) is 10.6 Å². The number of aliphatic hydroxyl groups is 1. The molecule has 7 nitrogen and oxygen atoms in total. The van der Waals surface area contributed by atoms with Crippen molar-refractivity contribution in [2.75, 3.05) is 19.9 Å². The number of fused-ring (bicyclic) bond motifs is 1. The van der Waals surface area contributed by atoms with Crippen molar-refractivity contribution in [1.29, 1.82) is 5.26 Å². The fourth-order valence-corrected chi connectivity index (χ4v) is 1.72. The molecular formula is C14H15N3O4. The van der Waals surface area contributed by atoms with Crippen molar-refractivity contribution >= 4 is 5.91 Å². The number of rotatable bonds is 6. The van der Waals surface area contributed by atoms with Gasteiger partial charge >= 0.3 is 0 Å². The van der Waals surface area contributed by atoms with Crippen LogP contribution in [-0.2, 0) is 11.3 Å². The average molecular weight is 289 g/mol. The second-order valence-electron chi connectivity index (χ2n) is 4.22. The third-order valence-corrected chi connectivity index (χ3v) is 2.76. The lowest BCUT2D eigenvalue weighted by molar-refractivity contribution is -0.117. The van der Waals surface area contributed by atoms with E-state index in [1.165, 1.54) is 6.20 Å². The van der Waals surface area contributed by atoms with Crippen LogP contribution in [0.3, 0.4) is 0 Å². The zero-order valence-electron chi connectivity index (χ0n) is 11.3. The molecule has 0 fully saturated rings. The molecule has 0 atom stereocenters. The highest BCUT2D eigenvalue weighted by atomic mass is 16.7. The lowest BCUT2D eigenvalue weighted by Gasteiger charge is -2.06. The van der Waals surface area contributed by atoms with E-state index in [1.54, 1.807) is 18.2 Å². The Labute approximate surface area is 121 Å². The van der Waals surface area contributed by atoms with Crippen LogP contribution in [0.5, 0.6) is 11.5 Å². The van der Waals surface area contributed by atoms with Crippen molar-refractivity contribution in [3.05, 3.63) is 35.5 Å². The first kappa shape index (κ1) is 14.7. The first-order valence-corrected chi connectivity index (χ1v) is 6.36. The molecule has 0 bridgehead atoms. The van der Waals surface area contributed by atoms with E-state index in [9.17, 15) is 4.79 Å². The minimum absolute atomic E-state index is 0.0517. The van der Waals surface area contributed by atoms with E-state index in [1.807, 2.05) is 6.07 Å². The number of hydrogen-bond donors (Lipinski definition) is 3. The molecule has 110 valence electrons. The van der Waals surface area contributed by atoms with Crippen molar-refractivity contribution in [3.63, 3.8) is 0 Å². The maximum Gasteiger partial charge on any atom is 0.263 e. The topological polar surface area (TPSA) is 104 Å². The highest BCUT2D eigenvalue weighted by Crippen LogP contribution is 2.32. The van der Waals surface area contributed by atoms with Crippen LogP contribution in [0, 0.1) is 11.3 Å². The lowest BCUT2D eigenvalue weighted by atomic mass is 10.2. The second-order valence-corrected chi connectivity index (χ2v) is 4.22. The standard InChI is InChI=1S/C14H15N3O4/c15-6-11(8-16-3-4-18)14(19)17-7-10-1-2-12-13(5-10)21-9-20-12/h1-2,5,8,16,18H,3-4,7,9H2,(H,17,19)/b11-8-. The predicted molar refractivity (Wildman–Crippen MR) is 73.2 cm³/mol. The summed E-state index contributed by atoms with van der Waals surface area (Å²) >= 11 is 0. The van der Waals surface area contributed by atoms with Gasteiger partial charge in [-0.15, -0.1) is 0 Å². The fraction of sp³-hybridized carbons (Fsp3) is 0.286. The Hall–Kier alpha value is -2.72. The molecular weight excluding hydrogens is 274 g/mol. The third kappa shape index (κ3) is 3.87. The Bertz CT molecular complexity index is 592. The Balaban J connectivity index is 1.91. The summed E-state index contributed by atoms with van der Waals surface area (Å²) in [5, 5.41) is 22.8. The number of nitriles is 1. The van der Waals surface area contributed by atoms with Crippen LogP contribution in [0.15, 0.2) is 30.0 Å². The molecule has 1 aromatic rings. The van der Waals surface area contributed by atoms with Gasteiger partial charge in [-0.1, -0.05) is 6.07 Å². The van der Waals surface area contributed by atoms with E-state index in [-0.39, 0.29) is 32.1 Å². The van der Waals surface area contributed by atoms with Gasteiger partial charge in [0, 0.05) is 19.3 Å². The summed E-state index contributed by atoms with van der Waals surface area (Å²) in [7, 11) is 0. The molecule has 3 N–H and O–H groups in total. The number of ether oxygens (including phenoxy) is 2. The molecule has 1 aliphatic heterocycles. The molecule has 0 aliphatic carbocycles. The summed E-state index contributed by atoms with van der Waals surface area (Å²) < 4.78 is 10.4. The highest BCUT2D eigenvalue weighted by molar-refractivity contribution is 5.97. The van der Waals surface area contributed by atoms with Gasteiger partial charge in [-0.05, 0) is 17.7 Å². The molecule has 2 rings (SSSR count). The molecule has 1 amide bonds. The van der Waals surface area contributed by atoms with Crippen molar-refractivity contribution in [2.45, 2.75) is 6.54 Å². The van der Waals surface area contributed by atoms with Crippen molar-refractivity contribution in [2.24, 2.45) is 0 Å². The molecule has 21 heavy (non-hydrogen) atoms. The van der Waals surface area contributed by atoms with Crippen LogP contribution in [0.25, 0.3) is 0 Å². The SMILES string of the molecule is N#C/C(=C/NCCO)C(=O)NCc1ccc2c(c1)OCO2. The van der Waals surface area contributed by atoms with Gasteiger partial charge in [0.15, 0.2) is 11.5 Å². The Morgan fingerprint density at radius 1 is 1.43 bits per heavy atom. The minimum Gasteiger partial charge on any atom is -0.454 e. The molecule has 0 spiro atoms. The number of benzene rings is 1. The van der Waals surface area contributed by atoms with Crippen LogP contribution in [0.1, 0.15) is 5.56 Å². The molecule has 0 aromatic heterocycles. The van der Waals surface area contributed by atoms with Crippen LogP contribution < -0.4 is 20.1 Å². The van der Waals surface area contributed by atoms with Crippen molar-refractivity contribution < 1.29 is 19.4 Å². The lowest BCUT2D eigenvalue weighted by Crippen LogP contribution is -2.25. The van der Waals surface area contributed by atoms with Gasteiger partial charge in [0.05, 0.1) is 6.61 Å². The molecule has 0 unspecified atom stereocenters.